The summed E-state index contributed by atoms with van der Waals surface area (Å²) >= 11 is 0. The molecule has 4 rings (SSSR count). The molecule has 0 bridgehead atoms. The van der Waals surface area contributed by atoms with Crippen molar-refractivity contribution in [2.24, 2.45) is 0 Å². The van der Waals surface area contributed by atoms with E-state index in [2.05, 4.69) is 22.4 Å². The lowest BCUT2D eigenvalue weighted by Crippen LogP contribution is -2.02. The van der Waals surface area contributed by atoms with E-state index in [1.165, 1.54) is 0 Å². The zero-order valence-corrected chi connectivity index (χ0v) is 15.9. The fraction of sp³-hybridized carbons (Fsp3) is 0.182. The third-order valence-electron chi connectivity index (χ3n) is 4.26. The van der Waals surface area contributed by atoms with Crippen LogP contribution in [0.5, 0.6) is 11.5 Å². The molecule has 2 aromatic heterocycles. The van der Waals surface area contributed by atoms with E-state index in [0.29, 0.717) is 24.9 Å². The maximum absolute atomic E-state index is 5.69. The highest BCUT2D eigenvalue weighted by Gasteiger charge is 2.10. The number of hydrogen-bond donors (Lipinski definition) is 1. The molecule has 28 heavy (non-hydrogen) atoms. The Bertz CT molecular complexity index is 1080. The van der Waals surface area contributed by atoms with Crippen LogP contribution in [0.15, 0.2) is 67.0 Å². The number of hydrogen-bond acceptors (Lipinski definition) is 5. The monoisotopic (exact) mass is 374 g/mol. The van der Waals surface area contributed by atoms with Gasteiger partial charge in [-0.15, -0.1) is 0 Å². The summed E-state index contributed by atoms with van der Waals surface area (Å²) in [6, 6.07) is 17.9. The average Bonchev–Trinajstić information content (AvgIpc) is 3.14. The first-order valence-electron chi connectivity index (χ1n) is 9.34. The molecule has 0 fully saturated rings. The molecule has 4 aromatic rings. The van der Waals surface area contributed by atoms with Gasteiger partial charge in [-0.2, -0.15) is 4.98 Å². The molecular weight excluding hydrogens is 352 g/mol. The number of nitrogens with one attached hydrogen (secondary N) is 1. The number of aromatic nitrogens is 3. The van der Waals surface area contributed by atoms with Gasteiger partial charge in [0.05, 0.1) is 13.2 Å². The lowest BCUT2D eigenvalue weighted by molar-refractivity contribution is 0.288. The Morgan fingerprint density at radius 2 is 1.71 bits per heavy atom. The standard InChI is InChI=1S/C22H22N4O2/c1-3-27-19-11-10-17(14-20(19)28-4-2)24-22-23-15-16-12-13-26(21(16)25-22)18-8-6-5-7-9-18/h5-15H,3-4H2,1-2H3,(H,23,24,25). The molecule has 2 heterocycles. The predicted molar refractivity (Wildman–Crippen MR) is 111 cm³/mol. The van der Waals surface area contributed by atoms with Crippen molar-refractivity contribution in [3.63, 3.8) is 0 Å². The van der Waals surface area contributed by atoms with Crippen molar-refractivity contribution in [2.75, 3.05) is 18.5 Å². The van der Waals surface area contributed by atoms with E-state index in [9.17, 15) is 0 Å². The summed E-state index contributed by atoms with van der Waals surface area (Å²) in [7, 11) is 0. The minimum atomic E-state index is 0.523. The first kappa shape index (κ1) is 17.9. The molecular formula is C22H22N4O2. The highest BCUT2D eigenvalue weighted by molar-refractivity contribution is 5.78. The molecule has 1 N–H and O–H groups in total. The Morgan fingerprint density at radius 3 is 2.50 bits per heavy atom. The van der Waals surface area contributed by atoms with Gasteiger partial charge < -0.3 is 19.4 Å². The van der Waals surface area contributed by atoms with Crippen LogP contribution >= 0.6 is 0 Å². The Kier molecular flexibility index (Phi) is 5.10. The molecule has 0 radical (unpaired) electrons. The van der Waals surface area contributed by atoms with Crippen molar-refractivity contribution >= 4 is 22.7 Å². The third kappa shape index (κ3) is 3.62. The molecule has 0 saturated carbocycles. The predicted octanol–water partition coefficient (Wildman–Crippen LogP) is 4.96. The maximum Gasteiger partial charge on any atom is 0.229 e. The fourth-order valence-corrected chi connectivity index (χ4v) is 3.03. The summed E-state index contributed by atoms with van der Waals surface area (Å²) in [6.07, 6.45) is 3.82. The summed E-state index contributed by atoms with van der Waals surface area (Å²) in [6.45, 7) is 5.05. The van der Waals surface area contributed by atoms with E-state index < -0.39 is 0 Å². The summed E-state index contributed by atoms with van der Waals surface area (Å²) < 4.78 is 13.4. The zero-order chi connectivity index (χ0) is 19.3. The molecule has 142 valence electrons. The van der Waals surface area contributed by atoms with Crippen molar-refractivity contribution in [3.05, 3.63) is 67.0 Å². The van der Waals surface area contributed by atoms with Crippen molar-refractivity contribution in [2.45, 2.75) is 13.8 Å². The summed E-state index contributed by atoms with van der Waals surface area (Å²) in [5.74, 6) is 1.95. The summed E-state index contributed by atoms with van der Waals surface area (Å²) in [5, 5.41) is 4.24. The minimum absolute atomic E-state index is 0.523. The van der Waals surface area contributed by atoms with E-state index in [1.807, 2.05) is 73.3 Å². The smallest absolute Gasteiger partial charge is 0.229 e. The Morgan fingerprint density at radius 1 is 0.929 bits per heavy atom. The molecule has 0 aliphatic rings. The number of benzene rings is 2. The van der Waals surface area contributed by atoms with E-state index in [1.54, 1.807) is 0 Å². The summed E-state index contributed by atoms with van der Waals surface area (Å²) in [5.41, 5.74) is 2.74. The SMILES string of the molecule is CCOc1ccc(Nc2ncc3ccn(-c4ccccc4)c3n2)cc1OCC. The van der Waals surface area contributed by atoms with Gasteiger partial charge in [0, 0.05) is 35.2 Å². The zero-order valence-electron chi connectivity index (χ0n) is 15.9. The maximum atomic E-state index is 5.69. The van der Waals surface area contributed by atoms with Gasteiger partial charge in [0.15, 0.2) is 11.5 Å². The molecule has 0 atom stereocenters. The molecule has 6 heteroatoms. The van der Waals surface area contributed by atoms with Gasteiger partial charge in [-0.3, -0.25) is 0 Å². The number of rotatable bonds is 7. The van der Waals surface area contributed by atoms with Crippen LogP contribution in [0, 0.1) is 0 Å². The Balaban J connectivity index is 1.66. The van der Waals surface area contributed by atoms with Crippen LogP contribution in [0.3, 0.4) is 0 Å². The average molecular weight is 374 g/mol. The van der Waals surface area contributed by atoms with Crippen molar-refractivity contribution in [1.82, 2.24) is 14.5 Å². The van der Waals surface area contributed by atoms with E-state index in [-0.39, 0.29) is 0 Å². The van der Waals surface area contributed by atoms with Crippen LogP contribution in [0.1, 0.15) is 13.8 Å². The Hall–Kier alpha value is -3.54. The van der Waals surface area contributed by atoms with Crippen molar-refractivity contribution in [3.8, 4) is 17.2 Å². The molecule has 0 unspecified atom stereocenters. The number of fused-ring (bicyclic) bond motifs is 1. The number of nitrogens with zero attached hydrogens (tertiary/aromatic N) is 3. The third-order valence-corrected chi connectivity index (χ3v) is 4.26. The first-order valence-corrected chi connectivity index (χ1v) is 9.34. The van der Waals surface area contributed by atoms with Gasteiger partial charge in [-0.1, -0.05) is 18.2 Å². The van der Waals surface area contributed by atoms with Gasteiger partial charge in [0.1, 0.15) is 5.65 Å². The lowest BCUT2D eigenvalue weighted by atomic mass is 10.2. The second-order valence-corrected chi connectivity index (χ2v) is 6.15. The fourth-order valence-electron chi connectivity index (χ4n) is 3.03. The lowest BCUT2D eigenvalue weighted by Gasteiger charge is -2.13. The number of anilines is 2. The van der Waals surface area contributed by atoms with Crippen LogP contribution in [0.25, 0.3) is 16.7 Å². The Labute approximate surface area is 163 Å². The normalized spacial score (nSPS) is 10.8. The highest BCUT2D eigenvalue weighted by atomic mass is 16.5. The molecule has 0 spiro atoms. The minimum Gasteiger partial charge on any atom is -0.490 e. The molecule has 6 nitrogen and oxygen atoms in total. The molecule has 0 aliphatic heterocycles. The van der Waals surface area contributed by atoms with Gasteiger partial charge in [-0.25, -0.2) is 4.98 Å². The van der Waals surface area contributed by atoms with Crippen molar-refractivity contribution < 1.29 is 9.47 Å². The molecule has 2 aromatic carbocycles. The summed E-state index contributed by atoms with van der Waals surface area (Å²) in [4.78, 5) is 9.15. The molecule has 0 aliphatic carbocycles. The van der Waals surface area contributed by atoms with Gasteiger partial charge in [0.2, 0.25) is 5.95 Å². The first-order chi connectivity index (χ1) is 13.8. The van der Waals surface area contributed by atoms with Gasteiger partial charge in [0.25, 0.3) is 0 Å². The second kappa shape index (κ2) is 8.00. The van der Waals surface area contributed by atoms with Crippen LogP contribution in [0.4, 0.5) is 11.6 Å². The van der Waals surface area contributed by atoms with Crippen LogP contribution in [-0.4, -0.2) is 27.7 Å². The van der Waals surface area contributed by atoms with Crippen molar-refractivity contribution in [1.29, 1.82) is 0 Å². The highest BCUT2D eigenvalue weighted by Crippen LogP contribution is 2.31. The van der Waals surface area contributed by atoms with Crippen LogP contribution in [-0.2, 0) is 0 Å². The van der Waals surface area contributed by atoms with E-state index in [4.69, 9.17) is 14.5 Å². The molecule has 0 amide bonds. The second-order valence-electron chi connectivity index (χ2n) is 6.15. The van der Waals surface area contributed by atoms with Crippen LogP contribution in [0.2, 0.25) is 0 Å². The topological polar surface area (TPSA) is 61.2 Å². The molecule has 0 saturated heterocycles. The largest absolute Gasteiger partial charge is 0.490 e. The number of para-hydroxylation sites is 1. The van der Waals surface area contributed by atoms with Crippen LogP contribution < -0.4 is 14.8 Å². The quantitative estimate of drug-likeness (QED) is 0.495. The van der Waals surface area contributed by atoms with Gasteiger partial charge >= 0.3 is 0 Å². The van der Waals surface area contributed by atoms with Gasteiger partial charge in [-0.05, 0) is 44.2 Å². The number of ether oxygens (including phenoxy) is 2. The van der Waals surface area contributed by atoms with E-state index in [0.717, 1.165) is 28.2 Å². The van der Waals surface area contributed by atoms with E-state index >= 15 is 0 Å².